The molecule has 2 atom stereocenters. The zero-order valence-electron chi connectivity index (χ0n) is 17.8. The molecule has 1 amide bonds. The maximum Gasteiger partial charge on any atom is 0.254 e. The molecule has 166 valence electrons. The Bertz CT molecular complexity index is 903. The average Bonchev–Trinajstić information content (AvgIpc) is 3.56. The van der Waals surface area contributed by atoms with E-state index in [9.17, 15) is 9.18 Å². The molecule has 0 bridgehead atoms. The van der Waals surface area contributed by atoms with Gasteiger partial charge in [0.1, 0.15) is 18.2 Å². The van der Waals surface area contributed by atoms with E-state index < -0.39 is 5.82 Å². The average molecular weight is 447 g/mol. The van der Waals surface area contributed by atoms with Crippen molar-refractivity contribution < 1.29 is 13.9 Å². The highest BCUT2D eigenvalue weighted by molar-refractivity contribution is 6.30. The Hall–Kier alpha value is -2.67. The van der Waals surface area contributed by atoms with Gasteiger partial charge in [-0.1, -0.05) is 37.6 Å². The van der Waals surface area contributed by atoms with Gasteiger partial charge < -0.3 is 15.4 Å². The molecule has 2 aromatic rings. The second kappa shape index (κ2) is 11.1. The Morgan fingerprint density at radius 1 is 1.32 bits per heavy atom. The van der Waals surface area contributed by atoms with Gasteiger partial charge in [-0.05, 0) is 43.2 Å². The van der Waals surface area contributed by atoms with Gasteiger partial charge >= 0.3 is 0 Å². The van der Waals surface area contributed by atoms with Gasteiger partial charge in [0.15, 0.2) is 0 Å². The minimum atomic E-state index is -0.571. The number of amides is 1. The minimum Gasteiger partial charge on any atom is -0.489 e. The largest absolute Gasteiger partial charge is 0.489 e. The predicted molar refractivity (Wildman–Crippen MR) is 120 cm³/mol. The fourth-order valence-electron chi connectivity index (χ4n) is 2.94. The van der Waals surface area contributed by atoms with Crippen LogP contribution in [0.1, 0.15) is 43.5 Å². The number of rotatable bonds is 11. The molecule has 1 aromatic heterocycles. The number of ether oxygens (including phenoxy) is 1. The molecule has 1 aliphatic carbocycles. The molecule has 2 unspecified atom stereocenters. The number of hydrogen-bond donors (Lipinski definition) is 2. The van der Waals surface area contributed by atoms with Crippen molar-refractivity contribution in [2.75, 3.05) is 18.5 Å². The zero-order chi connectivity index (χ0) is 22.2. The van der Waals surface area contributed by atoms with Crippen molar-refractivity contribution >= 4 is 23.5 Å². The molecule has 1 heterocycles. The summed E-state index contributed by atoms with van der Waals surface area (Å²) in [5, 5.41) is 6.48. The fraction of sp³-hybridized carbons (Fsp3) is 0.435. The number of nitrogens with zero attached hydrogens (tertiary/aromatic N) is 2. The first kappa shape index (κ1) is 23.0. The van der Waals surface area contributed by atoms with Crippen LogP contribution in [0.5, 0.6) is 5.75 Å². The smallest absolute Gasteiger partial charge is 0.254 e. The molecule has 3 rings (SSSR count). The number of allylic oxidation sites excluding steroid dienone is 1. The summed E-state index contributed by atoms with van der Waals surface area (Å²) in [6.45, 7) is 5.42. The number of benzene rings is 1. The van der Waals surface area contributed by atoms with Crippen LogP contribution in [0.4, 0.5) is 10.3 Å². The molecule has 1 fully saturated rings. The lowest BCUT2D eigenvalue weighted by Crippen LogP contribution is -2.26. The number of halogens is 2. The van der Waals surface area contributed by atoms with Gasteiger partial charge in [0.05, 0.1) is 23.0 Å². The van der Waals surface area contributed by atoms with Crippen molar-refractivity contribution in [1.29, 1.82) is 0 Å². The summed E-state index contributed by atoms with van der Waals surface area (Å²) < 4.78 is 19.8. The molecule has 0 aliphatic heterocycles. The summed E-state index contributed by atoms with van der Waals surface area (Å²) in [7, 11) is 0. The second-order valence-electron chi connectivity index (χ2n) is 7.91. The molecule has 2 N–H and O–H groups in total. The van der Waals surface area contributed by atoms with Crippen LogP contribution < -0.4 is 15.4 Å². The third-order valence-electron chi connectivity index (χ3n) is 5.28. The van der Waals surface area contributed by atoms with Crippen LogP contribution in [0.3, 0.4) is 0 Å². The second-order valence-corrected chi connectivity index (χ2v) is 8.34. The van der Waals surface area contributed by atoms with Crippen LogP contribution in [0, 0.1) is 17.7 Å². The first-order valence-corrected chi connectivity index (χ1v) is 10.9. The van der Waals surface area contributed by atoms with E-state index in [2.05, 4.69) is 40.5 Å². The van der Waals surface area contributed by atoms with Crippen LogP contribution in [0.25, 0.3) is 0 Å². The number of nitrogens with one attached hydrogen (secondary N) is 2. The van der Waals surface area contributed by atoms with E-state index in [0.29, 0.717) is 35.2 Å². The molecule has 1 aliphatic rings. The Kier molecular flexibility index (Phi) is 8.23. The normalized spacial score (nSPS) is 15.5. The molecule has 0 saturated heterocycles. The van der Waals surface area contributed by atoms with Gasteiger partial charge in [0.25, 0.3) is 5.91 Å². The summed E-state index contributed by atoms with van der Waals surface area (Å²) in [6, 6.07) is 4.54. The number of aromatic nitrogens is 2. The van der Waals surface area contributed by atoms with Gasteiger partial charge in [0, 0.05) is 18.7 Å². The number of carbonyl (C=O) groups excluding carboxylic acids is 1. The van der Waals surface area contributed by atoms with Crippen molar-refractivity contribution in [3.05, 3.63) is 59.1 Å². The molecular weight excluding hydrogens is 419 g/mol. The van der Waals surface area contributed by atoms with Gasteiger partial charge in [-0.15, -0.1) is 0 Å². The quantitative estimate of drug-likeness (QED) is 0.481. The SMILES string of the molecule is CC(/C=C/COc1ccc(C(=O)NC2CC2)c(F)c1)C(C)CCNc1ncc(Cl)cn1. The molecule has 8 heteroatoms. The Balaban J connectivity index is 1.37. The maximum atomic E-state index is 14.2. The van der Waals surface area contributed by atoms with Gasteiger partial charge in [-0.3, -0.25) is 4.79 Å². The number of carbonyl (C=O) groups is 1. The summed E-state index contributed by atoms with van der Waals surface area (Å²) >= 11 is 5.78. The number of anilines is 1. The minimum absolute atomic E-state index is 0.0508. The molecular formula is C23H28ClFN4O2. The zero-order valence-corrected chi connectivity index (χ0v) is 18.5. The molecule has 6 nitrogen and oxygen atoms in total. The monoisotopic (exact) mass is 446 g/mol. The van der Waals surface area contributed by atoms with Crippen LogP contribution >= 0.6 is 11.6 Å². The summed E-state index contributed by atoms with van der Waals surface area (Å²) in [5.74, 6) is 0.819. The Morgan fingerprint density at radius 2 is 2.06 bits per heavy atom. The van der Waals surface area contributed by atoms with E-state index in [1.807, 2.05) is 6.08 Å². The van der Waals surface area contributed by atoms with E-state index in [1.165, 1.54) is 12.1 Å². The summed E-state index contributed by atoms with van der Waals surface area (Å²) in [5.41, 5.74) is 0.0508. The molecule has 0 spiro atoms. The highest BCUT2D eigenvalue weighted by atomic mass is 35.5. The van der Waals surface area contributed by atoms with E-state index in [1.54, 1.807) is 18.5 Å². The standard InChI is InChI=1S/C23H28ClFN4O2/c1-15(16(2)9-10-26-23-27-13-17(24)14-28-23)4-3-11-31-19-7-8-20(21(25)12-19)22(30)29-18-5-6-18/h3-4,7-8,12-16,18H,5-6,9-11H2,1-2H3,(H,29,30)(H,26,27,28)/b4-3+. The van der Waals surface area contributed by atoms with Crippen molar-refractivity contribution in [2.24, 2.45) is 11.8 Å². The van der Waals surface area contributed by atoms with Crippen LogP contribution in [0.15, 0.2) is 42.7 Å². The summed E-state index contributed by atoms with van der Waals surface area (Å²) in [4.78, 5) is 20.2. The Labute approximate surface area is 187 Å². The topological polar surface area (TPSA) is 76.1 Å². The lowest BCUT2D eigenvalue weighted by atomic mass is 9.92. The molecule has 1 aromatic carbocycles. The van der Waals surface area contributed by atoms with Crippen LogP contribution in [-0.4, -0.2) is 35.1 Å². The fourth-order valence-corrected chi connectivity index (χ4v) is 3.04. The predicted octanol–water partition coefficient (Wildman–Crippen LogP) is 4.87. The molecule has 1 saturated carbocycles. The van der Waals surface area contributed by atoms with Crippen molar-refractivity contribution in [3.63, 3.8) is 0 Å². The third kappa shape index (κ3) is 7.51. The maximum absolute atomic E-state index is 14.2. The van der Waals surface area contributed by atoms with Gasteiger partial charge in [0.2, 0.25) is 5.95 Å². The highest BCUT2D eigenvalue weighted by Gasteiger charge is 2.25. The third-order valence-corrected chi connectivity index (χ3v) is 5.48. The lowest BCUT2D eigenvalue weighted by molar-refractivity contribution is 0.0947. The van der Waals surface area contributed by atoms with E-state index in [0.717, 1.165) is 25.8 Å². The first-order valence-electron chi connectivity index (χ1n) is 10.5. The molecule has 31 heavy (non-hydrogen) atoms. The van der Waals surface area contributed by atoms with Gasteiger partial charge in [-0.25, -0.2) is 14.4 Å². The van der Waals surface area contributed by atoms with Gasteiger partial charge in [-0.2, -0.15) is 0 Å². The van der Waals surface area contributed by atoms with E-state index in [4.69, 9.17) is 16.3 Å². The summed E-state index contributed by atoms with van der Waals surface area (Å²) in [6.07, 6.45) is 10.0. The molecule has 0 radical (unpaired) electrons. The number of hydrogen-bond acceptors (Lipinski definition) is 5. The Morgan fingerprint density at radius 3 is 2.74 bits per heavy atom. The van der Waals surface area contributed by atoms with Crippen LogP contribution in [0.2, 0.25) is 5.02 Å². The first-order chi connectivity index (χ1) is 14.9. The van der Waals surface area contributed by atoms with Crippen LogP contribution in [-0.2, 0) is 0 Å². The van der Waals surface area contributed by atoms with Crippen molar-refractivity contribution in [3.8, 4) is 5.75 Å². The van der Waals surface area contributed by atoms with E-state index >= 15 is 0 Å². The lowest BCUT2D eigenvalue weighted by Gasteiger charge is -2.17. The van der Waals surface area contributed by atoms with Crippen molar-refractivity contribution in [2.45, 2.75) is 39.2 Å². The van der Waals surface area contributed by atoms with E-state index in [-0.39, 0.29) is 17.5 Å². The van der Waals surface area contributed by atoms with Crippen molar-refractivity contribution in [1.82, 2.24) is 15.3 Å². The highest BCUT2D eigenvalue weighted by Crippen LogP contribution is 2.22.